The van der Waals surface area contributed by atoms with E-state index in [4.69, 9.17) is 23.2 Å². The number of halogens is 2. The van der Waals surface area contributed by atoms with Gasteiger partial charge in [0.1, 0.15) is 5.82 Å². The van der Waals surface area contributed by atoms with Gasteiger partial charge >= 0.3 is 0 Å². The van der Waals surface area contributed by atoms with E-state index in [2.05, 4.69) is 46.2 Å². The Morgan fingerprint density at radius 3 is 1.59 bits per heavy atom. The van der Waals surface area contributed by atoms with Crippen molar-refractivity contribution in [1.29, 1.82) is 0 Å². The van der Waals surface area contributed by atoms with Gasteiger partial charge in [-0.1, -0.05) is 121 Å². The number of allylic oxidation sites excluding steroid dienone is 2. The van der Waals surface area contributed by atoms with Crippen LogP contribution in [-0.4, -0.2) is 56.3 Å². The summed E-state index contributed by atoms with van der Waals surface area (Å²) in [6.45, 7) is 2.33. The third-order valence-corrected chi connectivity index (χ3v) is 18.0. The van der Waals surface area contributed by atoms with Gasteiger partial charge in [0.2, 0.25) is 0 Å². The van der Waals surface area contributed by atoms with Crippen molar-refractivity contribution in [2.24, 2.45) is 0 Å². The van der Waals surface area contributed by atoms with Gasteiger partial charge in [-0.15, -0.1) is 23.2 Å². The molecule has 46 heavy (non-hydrogen) atoms. The standard InChI is InChI=1S/C40H59Cl2N2P.Ru/c41-38-32(30-31-16-6-1-7-17-31)26-27-40(42,45(35-22-12-4-13-23-35)36-24-14-5-15-25-36)37(38)39-43(33-18-8-2-9-19-33)28-29-44(39)34-20-10-3-11-21-34;/h1,6-7,16-17,30,33-36,38H,2-5,8-15,18-29H2;. The average Bonchev–Trinajstić information content (AvgIpc) is 3.53. The molecular weight excluding hydrogens is 711 g/mol. The summed E-state index contributed by atoms with van der Waals surface area (Å²) in [5, 5.41) is -0.112. The molecule has 7 rings (SSSR count). The van der Waals surface area contributed by atoms with Crippen molar-refractivity contribution in [3.05, 3.63) is 52.9 Å². The molecule has 5 aliphatic carbocycles. The molecule has 1 heterocycles. The zero-order chi connectivity index (χ0) is 30.6. The Morgan fingerprint density at radius 1 is 0.652 bits per heavy atom. The second kappa shape index (κ2) is 16.8. The Hall–Kier alpha value is -0.0666. The Kier molecular flexibility index (Phi) is 13.0. The molecule has 1 saturated heterocycles. The van der Waals surface area contributed by atoms with E-state index in [9.17, 15) is 0 Å². The molecule has 0 spiro atoms. The third kappa shape index (κ3) is 7.64. The Balaban J connectivity index is 0.00000372. The number of alkyl halides is 2. The van der Waals surface area contributed by atoms with Crippen LogP contribution in [0.5, 0.6) is 0 Å². The monoisotopic (exact) mass is 770 g/mol. The van der Waals surface area contributed by atoms with E-state index < -0.39 is 0 Å². The van der Waals surface area contributed by atoms with Crippen molar-refractivity contribution in [2.45, 2.75) is 175 Å². The van der Waals surface area contributed by atoms with E-state index >= 15 is 0 Å². The summed E-state index contributed by atoms with van der Waals surface area (Å²) in [4.78, 5) is 5.83. The van der Waals surface area contributed by atoms with Crippen LogP contribution in [0.3, 0.4) is 0 Å². The minimum absolute atomic E-state index is 0. The molecule has 1 aromatic carbocycles. The topological polar surface area (TPSA) is 6.48 Å². The van der Waals surface area contributed by atoms with Gasteiger partial charge in [0.05, 0.1) is 9.99 Å². The van der Waals surface area contributed by atoms with Gasteiger partial charge in [-0.25, -0.2) is 0 Å². The van der Waals surface area contributed by atoms with Crippen molar-refractivity contribution in [1.82, 2.24) is 9.80 Å². The quantitative estimate of drug-likeness (QED) is 0.161. The van der Waals surface area contributed by atoms with Gasteiger partial charge in [0.15, 0.2) is 0 Å². The van der Waals surface area contributed by atoms with E-state index in [0.717, 1.165) is 24.2 Å². The fourth-order valence-electron chi connectivity index (χ4n) is 10.4. The molecule has 6 aliphatic rings. The SMILES string of the molecule is ClC1C(=Cc2ccccc2)CCC(Cl)(P(C2CCCCC2)C2CCCCC2)C1=C1N(C2CCCCC2)CCN1C1CCCCC1.[Ru]. The van der Waals surface area contributed by atoms with Gasteiger partial charge in [-0.05, 0) is 86.7 Å². The molecule has 5 saturated carbocycles. The molecule has 2 nitrogen and oxygen atoms in total. The molecule has 6 heteroatoms. The smallest absolute Gasteiger partial charge is 0.108 e. The number of hydrogen-bond donors (Lipinski definition) is 0. The number of nitrogens with zero attached hydrogens (tertiary/aromatic N) is 2. The zero-order valence-electron chi connectivity index (χ0n) is 28.3. The number of benzene rings is 1. The summed E-state index contributed by atoms with van der Waals surface area (Å²) in [6.07, 6.45) is 32.2. The Labute approximate surface area is 305 Å². The molecule has 6 fully saturated rings. The summed E-state index contributed by atoms with van der Waals surface area (Å²) in [6, 6.07) is 12.3. The van der Waals surface area contributed by atoms with Crippen molar-refractivity contribution in [3.63, 3.8) is 0 Å². The molecule has 256 valence electrons. The predicted octanol–water partition coefficient (Wildman–Crippen LogP) is 12.0. The van der Waals surface area contributed by atoms with E-state index in [1.165, 1.54) is 158 Å². The number of rotatable bonds is 6. The fraction of sp³-hybridized carbons (Fsp3) is 0.750. The van der Waals surface area contributed by atoms with Crippen molar-refractivity contribution >= 4 is 37.2 Å². The van der Waals surface area contributed by atoms with Gasteiger partial charge in [-0.3, -0.25) is 0 Å². The molecule has 1 aliphatic heterocycles. The second-order valence-corrected chi connectivity index (χ2v) is 19.8. The van der Waals surface area contributed by atoms with E-state index in [1.54, 1.807) is 5.82 Å². The van der Waals surface area contributed by atoms with Gasteiger partial charge in [-0.2, -0.15) is 0 Å². The normalized spacial score (nSPS) is 30.8. The molecule has 2 unspecified atom stereocenters. The van der Waals surface area contributed by atoms with Crippen LogP contribution in [0.25, 0.3) is 6.08 Å². The molecule has 0 bridgehead atoms. The first-order valence-corrected chi connectivity index (χ1v) is 21.6. The minimum atomic E-state index is -0.388. The van der Waals surface area contributed by atoms with E-state index in [-0.39, 0.29) is 37.4 Å². The molecule has 0 amide bonds. The van der Waals surface area contributed by atoms with Crippen LogP contribution in [0.2, 0.25) is 0 Å². The molecule has 0 radical (unpaired) electrons. The van der Waals surface area contributed by atoms with Crippen LogP contribution in [0.1, 0.15) is 147 Å². The molecular formula is C40H59Cl2N2PRu. The van der Waals surface area contributed by atoms with E-state index in [1.807, 2.05) is 0 Å². The summed E-state index contributed by atoms with van der Waals surface area (Å²) in [5.41, 5.74) is 5.78. The Morgan fingerprint density at radius 2 is 1.11 bits per heavy atom. The maximum Gasteiger partial charge on any atom is 0.108 e. The minimum Gasteiger partial charge on any atom is -0.353 e. The van der Waals surface area contributed by atoms with E-state index in [0.29, 0.717) is 12.1 Å². The molecule has 2 atom stereocenters. The van der Waals surface area contributed by atoms with Gasteiger partial charge in [0.25, 0.3) is 0 Å². The summed E-state index contributed by atoms with van der Waals surface area (Å²) in [7, 11) is -0.388. The number of hydrogen-bond acceptors (Lipinski definition) is 2. The predicted molar refractivity (Wildman–Crippen MR) is 197 cm³/mol. The van der Waals surface area contributed by atoms with Crippen LogP contribution in [0, 0.1) is 0 Å². The second-order valence-electron chi connectivity index (χ2n) is 15.5. The maximum absolute atomic E-state index is 8.63. The summed E-state index contributed by atoms with van der Waals surface area (Å²) < 4.78 is -0.292. The first kappa shape index (κ1) is 35.7. The summed E-state index contributed by atoms with van der Waals surface area (Å²) in [5.74, 6) is 1.54. The van der Waals surface area contributed by atoms with Crippen LogP contribution >= 0.6 is 31.1 Å². The van der Waals surface area contributed by atoms with Crippen LogP contribution in [0.4, 0.5) is 0 Å². The van der Waals surface area contributed by atoms with Crippen LogP contribution in [-0.2, 0) is 19.5 Å². The average molecular weight is 771 g/mol. The first-order valence-electron chi connectivity index (χ1n) is 19.3. The molecule has 1 aromatic rings. The van der Waals surface area contributed by atoms with Crippen LogP contribution in [0.15, 0.2) is 47.3 Å². The van der Waals surface area contributed by atoms with Gasteiger partial charge < -0.3 is 9.80 Å². The molecule has 0 N–H and O–H groups in total. The third-order valence-electron chi connectivity index (χ3n) is 12.6. The fourth-order valence-corrected chi connectivity index (χ4v) is 16.6. The van der Waals surface area contributed by atoms with Crippen molar-refractivity contribution in [3.8, 4) is 0 Å². The molecule has 0 aromatic heterocycles. The first-order chi connectivity index (χ1) is 22.1. The van der Waals surface area contributed by atoms with Gasteiger partial charge in [0, 0.05) is 50.2 Å². The maximum atomic E-state index is 8.63. The van der Waals surface area contributed by atoms with Crippen molar-refractivity contribution < 1.29 is 19.5 Å². The van der Waals surface area contributed by atoms with Crippen LogP contribution < -0.4 is 0 Å². The Bertz CT molecular complexity index is 1120. The largest absolute Gasteiger partial charge is 0.353 e. The summed E-state index contributed by atoms with van der Waals surface area (Å²) >= 11 is 16.7. The van der Waals surface area contributed by atoms with Crippen molar-refractivity contribution in [2.75, 3.05) is 13.1 Å². The zero-order valence-corrected chi connectivity index (χ0v) is 32.4.